The first-order valence-corrected chi connectivity index (χ1v) is 7.13. The fourth-order valence-electron chi connectivity index (χ4n) is 2.18. The van der Waals surface area contributed by atoms with Crippen molar-refractivity contribution in [2.45, 2.75) is 26.3 Å². The van der Waals surface area contributed by atoms with Crippen LogP contribution in [0.2, 0.25) is 0 Å². The van der Waals surface area contributed by atoms with Crippen LogP contribution in [0.15, 0.2) is 24.3 Å². The molecule has 0 aliphatic carbocycles. The molecule has 0 heterocycles. The summed E-state index contributed by atoms with van der Waals surface area (Å²) in [6, 6.07) is 9.02. The van der Waals surface area contributed by atoms with Gasteiger partial charge in [0.05, 0.1) is 0 Å². The first-order valence-electron chi connectivity index (χ1n) is 7.13. The minimum absolute atomic E-state index is 0.315. The van der Waals surface area contributed by atoms with Crippen LogP contribution in [0.1, 0.15) is 31.9 Å². The fourth-order valence-corrected chi connectivity index (χ4v) is 2.18. The first kappa shape index (κ1) is 16.0. The van der Waals surface area contributed by atoms with E-state index in [1.54, 1.807) is 0 Å². The van der Waals surface area contributed by atoms with Crippen LogP contribution in [0.5, 0.6) is 0 Å². The van der Waals surface area contributed by atoms with E-state index in [0.29, 0.717) is 12.6 Å². The van der Waals surface area contributed by atoms with Crippen molar-refractivity contribution in [3.8, 4) is 0 Å². The highest BCUT2D eigenvalue weighted by Crippen LogP contribution is 2.22. The van der Waals surface area contributed by atoms with Gasteiger partial charge in [0.15, 0.2) is 0 Å². The van der Waals surface area contributed by atoms with Gasteiger partial charge in [0, 0.05) is 32.4 Å². The molecule has 1 aromatic rings. The highest BCUT2D eigenvalue weighted by molar-refractivity contribution is 5.46. The van der Waals surface area contributed by atoms with E-state index in [4.69, 9.17) is 5.73 Å². The lowest BCUT2D eigenvalue weighted by Gasteiger charge is -2.28. The number of likely N-dealkylation sites (N-methyl/N-ethyl adjacent to an activating group) is 1. The lowest BCUT2D eigenvalue weighted by Crippen LogP contribution is -2.31. The second-order valence-electron chi connectivity index (χ2n) is 5.90. The predicted molar refractivity (Wildman–Crippen MR) is 84.6 cm³/mol. The van der Waals surface area contributed by atoms with Gasteiger partial charge in [0.2, 0.25) is 0 Å². The molecule has 2 N–H and O–H groups in total. The van der Waals surface area contributed by atoms with Crippen LogP contribution >= 0.6 is 0 Å². The second kappa shape index (κ2) is 7.51. The van der Waals surface area contributed by atoms with Gasteiger partial charge in [-0.3, -0.25) is 4.90 Å². The van der Waals surface area contributed by atoms with Crippen LogP contribution < -0.4 is 10.6 Å². The number of benzene rings is 1. The van der Waals surface area contributed by atoms with Crippen molar-refractivity contribution in [3.05, 3.63) is 29.8 Å². The van der Waals surface area contributed by atoms with E-state index in [9.17, 15) is 0 Å². The van der Waals surface area contributed by atoms with E-state index in [1.165, 1.54) is 17.7 Å². The van der Waals surface area contributed by atoms with Crippen molar-refractivity contribution in [1.82, 2.24) is 4.90 Å². The molecule has 0 fully saturated rings. The molecule has 1 aromatic carbocycles. The standard InChI is InChI=1S/C16H29N3/c1-13(2)10-11-19(5)16(12-17)14-6-8-15(9-7-14)18(3)4/h6-9,13,16H,10-12,17H2,1-5H3. The Morgan fingerprint density at radius 3 is 2.05 bits per heavy atom. The van der Waals surface area contributed by atoms with Crippen molar-refractivity contribution < 1.29 is 0 Å². The molecule has 0 amide bonds. The maximum absolute atomic E-state index is 5.96. The summed E-state index contributed by atoms with van der Waals surface area (Å²) in [6.45, 7) is 6.28. The molecule has 0 radical (unpaired) electrons. The van der Waals surface area contributed by atoms with Crippen LogP contribution in [-0.4, -0.2) is 39.1 Å². The third-order valence-electron chi connectivity index (χ3n) is 3.61. The second-order valence-corrected chi connectivity index (χ2v) is 5.90. The molecule has 0 spiro atoms. The van der Waals surface area contributed by atoms with Crippen molar-refractivity contribution in [2.75, 3.05) is 39.1 Å². The summed E-state index contributed by atoms with van der Waals surface area (Å²) in [5.74, 6) is 0.733. The monoisotopic (exact) mass is 263 g/mol. The summed E-state index contributed by atoms with van der Waals surface area (Å²) in [5, 5.41) is 0. The van der Waals surface area contributed by atoms with Gasteiger partial charge in [-0.05, 0) is 43.6 Å². The third-order valence-corrected chi connectivity index (χ3v) is 3.61. The average Bonchev–Trinajstić information content (AvgIpc) is 2.37. The van der Waals surface area contributed by atoms with E-state index < -0.39 is 0 Å². The number of hydrogen-bond donors (Lipinski definition) is 1. The van der Waals surface area contributed by atoms with Crippen LogP contribution in [0.3, 0.4) is 0 Å². The number of rotatable bonds is 7. The van der Waals surface area contributed by atoms with E-state index in [2.05, 4.69) is 69.1 Å². The van der Waals surface area contributed by atoms with Crippen molar-refractivity contribution >= 4 is 5.69 Å². The molecule has 0 bridgehead atoms. The zero-order chi connectivity index (χ0) is 14.4. The average molecular weight is 263 g/mol. The smallest absolute Gasteiger partial charge is 0.0467 e. The molecule has 1 atom stereocenters. The summed E-state index contributed by atoms with van der Waals surface area (Å²) in [6.07, 6.45) is 1.21. The summed E-state index contributed by atoms with van der Waals surface area (Å²) < 4.78 is 0. The summed E-state index contributed by atoms with van der Waals surface area (Å²) in [5.41, 5.74) is 8.49. The normalized spacial score (nSPS) is 13.1. The Kier molecular flexibility index (Phi) is 6.32. The molecule has 3 nitrogen and oxygen atoms in total. The van der Waals surface area contributed by atoms with E-state index in [0.717, 1.165) is 12.5 Å². The lowest BCUT2D eigenvalue weighted by molar-refractivity contribution is 0.236. The summed E-state index contributed by atoms with van der Waals surface area (Å²) >= 11 is 0. The quantitative estimate of drug-likeness (QED) is 0.821. The zero-order valence-electron chi connectivity index (χ0n) is 13.1. The zero-order valence-corrected chi connectivity index (χ0v) is 13.1. The molecule has 1 unspecified atom stereocenters. The molecule has 0 aromatic heterocycles. The van der Waals surface area contributed by atoms with Gasteiger partial charge in [-0.2, -0.15) is 0 Å². The molecular weight excluding hydrogens is 234 g/mol. The fraction of sp³-hybridized carbons (Fsp3) is 0.625. The van der Waals surface area contributed by atoms with Gasteiger partial charge >= 0.3 is 0 Å². The van der Waals surface area contributed by atoms with E-state index in [1.807, 2.05) is 0 Å². The van der Waals surface area contributed by atoms with Crippen LogP contribution in [0.4, 0.5) is 5.69 Å². The molecule has 0 aliphatic heterocycles. The Labute approximate surface area is 118 Å². The van der Waals surface area contributed by atoms with E-state index in [-0.39, 0.29) is 0 Å². The topological polar surface area (TPSA) is 32.5 Å². The van der Waals surface area contributed by atoms with Gasteiger partial charge in [-0.25, -0.2) is 0 Å². The molecular formula is C16H29N3. The highest BCUT2D eigenvalue weighted by atomic mass is 15.1. The van der Waals surface area contributed by atoms with Crippen LogP contribution in [-0.2, 0) is 0 Å². The molecule has 1 rings (SSSR count). The van der Waals surface area contributed by atoms with E-state index >= 15 is 0 Å². The van der Waals surface area contributed by atoms with Crippen LogP contribution in [0.25, 0.3) is 0 Å². The minimum atomic E-state index is 0.315. The van der Waals surface area contributed by atoms with Crippen molar-refractivity contribution in [3.63, 3.8) is 0 Å². The number of nitrogens with two attached hydrogens (primary N) is 1. The van der Waals surface area contributed by atoms with Crippen LogP contribution in [0, 0.1) is 5.92 Å². The lowest BCUT2D eigenvalue weighted by atomic mass is 10.0. The highest BCUT2D eigenvalue weighted by Gasteiger charge is 2.15. The van der Waals surface area contributed by atoms with Gasteiger partial charge in [-0.1, -0.05) is 26.0 Å². The molecule has 108 valence electrons. The summed E-state index contributed by atoms with van der Waals surface area (Å²) in [4.78, 5) is 4.48. The summed E-state index contributed by atoms with van der Waals surface area (Å²) in [7, 11) is 6.29. The minimum Gasteiger partial charge on any atom is -0.378 e. The predicted octanol–water partition coefficient (Wildman–Crippen LogP) is 2.73. The van der Waals surface area contributed by atoms with Crippen molar-refractivity contribution in [2.24, 2.45) is 11.7 Å². The van der Waals surface area contributed by atoms with Gasteiger partial charge in [0.25, 0.3) is 0 Å². The van der Waals surface area contributed by atoms with Gasteiger partial charge < -0.3 is 10.6 Å². The molecule has 3 heteroatoms. The van der Waals surface area contributed by atoms with Gasteiger partial charge in [0.1, 0.15) is 0 Å². The first-order chi connectivity index (χ1) is 8.95. The molecule has 0 saturated heterocycles. The Morgan fingerprint density at radius 1 is 1.05 bits per heavy atom. The Balaban J connectivity index is 2.73. The maximum Gasteiger partial charge on any atom is 0.0467 e. The number of nitrogens with zero attached hydrogens (tertiary/aromatic N) is 2. The van der Waals surface area contributed by atoms with Crippen molar-refractivity contribution in [1.29, 1.82) is 0 Å². The molecule has 0 saturated carbocycles. The number of hydrogen-bond acceptors (Lipinski definition) is 3. The largest absolute Gasteiger partial charge is 0.378 e. The SMILES string of the molecule is CC(C)CCN(C)C(CN)c1ccc(N(C)C)cc1. The molecule has 0 aliphatic rings. The third kappa shape index (κ3) is 4.84. The van der Waals surface area contributed by atoms with Gasteiger partial charge in [-0.15, -0.1) is 0 Å². The molecule has 19 heavy (non-hydrogen) atoms. The Morgan fingerprint density at radius 2 is 1.63 bits per heavy atom. The maximum atomic E-state index is 5.96. The Hall–Kier alpha value is -1.06. The number of anilines is 1. The Bertz CT molecular complexity index is 357.